The maximum Gasteiger partial charge on any atom is 0.325 e. The van der Waals surface area contributed by atoms with Crippen LogP contribution in [-0.4, -0.2) is 109 Å². The molecule has 0 radical (unpaired) electrons. The fourth-order valence-electron chi connectivity index (χ4n) is 9.36. The van der Waals surface area contributed by atoms with Gasteiger partial charge in [-0.2, -0.15) is 10.2 Å². The second-order valence-electron chi connectivity index (χ2n) is 19.9. The Labute approximate surface area is 452 Å². The Morgan fingerprint density at radius 2 is 1.32 bits per heavy atom. The lowest BCUT2D eigenvalue weighted by Gasteiger charge is -2.26. The van der Waals surface area contributed by atoms with Crippen molar-refractivity contribution in [1.82, 2.24) is 40.8 Å². The minimum Gasteiger partial charge on any atom is -0.496 e. The number of hydrogen-bond acceptors (Lipinski definition) is 14. The number of nitrogens with one attached hydrogen (secondary N) is 4. The SMILES string of the molecule is CCOC(=O)CCNC(=O)/C(=C\C(C)C)NC(=O)c1cc(-c2c(OC)ccc(COC(=O)CNC(=O)[C@H](CC3CCCCC3)NC(=O)c3cc(-c4c(OC)cccc4OC)n(CC(C)C)n3)c2OC)n(CC(CC)CC)n1. The van der Waals surface area contributed by atoms with Gasteiger partial charge in [0.25, 0.3) is 17.7 Å². The number of carbonyl (C=O) groups excluding carboxylic acids is 6. The fourth-order valence-corrected chi connectivity index (χ4v) is 9.36. The summed E-state index contributed by atoms with van der Waals surface area (Å²) in [5, 5.41) is 20.5. The van der Waals surface area contributed by atoms with Crippen molar-refractivity contribution in [1.29, 1.82) is 0 Å². The van der Waals surface area contributed by atoms with E-state index in [1.165, 1.54) is 14.2 Å². The van der Waals surface area contributed by atoms with Crippen LogP contribution in [0.5, 0.6) is 23.0 Å². The molecule has 5 rings (SSSR count). The zero-order valence-electron chi connectivity index (χ0n) is 46.8. The van der Waals surface area contributed by atoms with Crippen LogP contribution in [0.15, 0.2) is 54.2 Å². The summed E-state index contributed by atoms with van der Waals surface area (Å²) >= 11 is 0. The van der Waals surface area contributed by atoms with Crippen LogP contribution in [-0.2, 0) is 48.3 Å². The highest BCUT2D eigenvalue weighted by Crippen LogP contribution is 2.42. The molecular weight excluding hydrogens is 989 g/mol. The Kier molecular flexibility index (Phi) is 23.4. The third kappa shape index (κ3) is 16.8. The lowest BCUT2D eigenvalue weighted by molar-refractivity contribution is -0.145. The van der Waals surface area contributed by atoms with Crippen LogP contribution in [0.4, 0.5) is 0 Å². The molecule has 20 heteroatoms. The second kappa shape index (κ2) is 29.8. The predicted octanol–water partition coefficient (Wildman–Crippen LogP) is 7.81. The van der Waals surface area contributed by atoms with Gasteiger partial charge < -0.3 is 49.7 Å². The molecular formula is C57H80N8O12. The number of allylic oxidation sites excluding steroid dienone is 1. The second-order valence-corrected chi connectivity index (χ2v) is 19.9. The molecule has 420 valence electrons. The molecule has 4 N–H and O–H groups in total. The van der Waals surface area contributed by atoms with Crippen molar-refractivity contribution in [2.24, 2.45) is 23.7 Å². The summed E-state index contributed by atoms with van der Waals surface area (Å²) in [5.41, 5.74) is 2.73. The van der Waals surface area contributed by atoms with Crippen LogP contribution in [0.3, 0.4) is 0 Å². The normalized spacial score (nSPS) is 13.2. The summed E-state index contributed by atoms with van der Waals surface area (Å²) in [6.45, 7) is 14.0. The summed E-state index contributed by atoms with van der Waals surface area (Å²) < 4.78 is 37.4. The number of ether oxygens (including phenoxy) is 6. The van der Waals surface area contributed by atoms with E-state index in [1.807, 2.05) is 45.9 Å². The first-order valence-corrected chi connectivity index (χ1v) is 26.8. The zero-order chi connectivity index (χ0) is 56.2. The number of benzene rings is 2. The summed E-state index contributed by atoms with van der Waals surface area (Å²) in [7, 11) is 6.09. The first-order chi connectivity index (χ1) is 37.0. The number of methoxy groups -OCH3 is 4. The summed E-state index contributed by atoms with van der Waals surface area (Å²) in [6.07, 6.45) is 8.58. The molecule has 2 heterocycles. The Morgan fingerprint density at radius 1 is 0.714 bits per heavy atom. The van der Waals surface area contributed by atoms with Crippen LogP contribution >= 0.6 is 0 Å². The predicted molar refractivity (Wildman–Crippen MR) is 290 cm³/mol. The average molecular weight is 1070 g/mol. The van der Waals surface area contributed by atoms with Crippen molar-refractivity contribution in [2.75, 3.05) is 48.1 Å². The first-order valence-electron chi connectivity index (χ1n) is 26.8. The zero-order valence-corrected chi connectivity index (χ0v) is 46.8. The van der Waals surface area contributed by atoms with Crippen LogP contribution < -0.4 is 40.2 Å². The summed E-state index contributed by atoms with van der Waals surface area (Å²) in [5.74, 6) is -1.31. The molecule has 1 saturated carbocycles. The van der Waals surface area contributed by atoms with Crippen LogP contribution in [0.1, 0.15) is 133 Å². The minimum atomic E-state index is -0.975. The highest BCUT2D eigenvalue weighted by atomic mass is 16.5. The highest BCUT2D eigenvalue weighted by Gasteiger charge is 2.31. The molecule has 20 nitrogen and oxygen atoms in total. The molecule has 0 unspecified atom stereocenters. The van der Waals surface area contributed by atoms with Crippen LogP contribution in [0.2, 0.25) is 0 Å². The van der Waals surface area contributed by atoms with Gasteiger partial charge in [-0.3, -0.25) is 38.1 Å². The smallest absolute Gasteiger partial charge is 0.325 e. The molecule has 0 bridgehead atoms. The lowest BCUT2D eigenvalue weighted by Crippen LogP contribution is -2.49. The van der Waals surface area contributed by atoms with Crippen molar-refractivity contribution in [2.45, 2.75) is 132 Å². The van der Waals surface area contributed by atoms with Gasteiger partial charge in [0, 0.05) is 25.2 Å². The number of carbonyl (C=O) groups is 6. The number of amides is 4. The highest BCUT2D eigenvalue weighted by molar-refractivity contribution is 6.03. The molecule has 0 saturated heterocycles. The molecule has 2 aromatic carbocycles. The molecule has 77 heavy (non-hydrogen) atoms. The lowest BCUT2D eigenvalue weighted by atomic mass is 9.84. The standard InChI is InChI=1S/C57H80N8O12/c1-12-37(13-2)33-65-45(30-43(63-65)56(70)60-40(27-35(4)5)54(68)58-26-25-49(66)76-14-3)52-48(74-10)24-23-39(53(52)75-11)34-77-50(67)31-59-55(69)41(28-38-19-16-15-17-20-38)61-57(71)42-29-44(64(62-42)32-36(6)7)51-46(72-8)21-18-22-47(51)73-9/h18,21-24,27,29-30,35-38,41H,12-17,19-20,25-26,28,31-34H2,1-11H3,(H,58,68)(H,59,69)(H,60,70)(H,61,71)/b40-27+/t41-/m0/s1. The molecule has 0 spiro atoms. The largest absolute Gasteiger partial charge is 0.496 e. The summed E-state index contributed by atoms with van der Waals surface area (Å²) in [4.78, 5) is 81.0. The van der Waals surface area contributed by atoms with Gasteiger partial charge in [-0.1, -0.05) is 98.6 Å². The number of esters is 2. The van der Waals surface area contributed by atoms with Gasteiger partial charge in [0.15, 0.2) is 11.4 Å². The first kappa shape index (κ1) is 60.5. The van der Waals surface area contributed by atoms with Gasteiger partial charge in [0.2, 0.25) is 5.91 Å². The van der Waals surface area contributed by atoms with Gasteiger partial charge in [-0.15, -0.1) is 0 Å². The average Bonchev–Trinajstić information content (AvgIpc) is 4.04. The third-order valence-corrected chi connectivity index (χ3v) is 13.3. The molecule has 0 aliphatic heterocycles. The van der Waals surface area contributed by atoms with Crippen LogP contribution in [0.25, 0.3) is 22.5 Å². The summed E-state index contributed by atoms with van der Waals surface area (Å²) in [6, 6.07) is 11.1. The van der Waals surface area contributed by atoms with E-state index in [4.69, 9.17) is 38.6 Å². The molecule has 1 atom stereocenters. The van der Waals surface area contributed by atoms with Gasteiger partial charge in [-0.25, -0.2) is 0 Å². The van der Waals surface area contributed by atoms with Crippen molar-refractivity contribution in [3.63, 3.8) is 0 Å². The van der Waals surface area contributed by atoms with Gasteiger partial charge >= 0.3 is 11.9 Å². The van der Waals surface area contributed by atoms with Crippen molar-refractivity contribution >= 4 is 35.6 Å². The fraction of sp³-hybridized carbons (Fsp3) is 0.544. The van der Waals surface area contributed by atoms with E-state index in [0.717, 1.165) is 44.9 Å². The van der Waals surface area contributed by atoms with E-state index in [2.05, 4.69) is 35.1 Å². The number of hydrogen-bond donors (Lipinski definition) is 4. The van der Waals surface area contributed by atoms with Gasteiger partial charge in [0.1, 0.15) is 47.9 Å². The Morgan fingerprint density at radius 3 is 1.91 bits per heavy atom. The number of rotatable bonds is 29. The monoisotopic (exact) mass is 1070 g/mol. The molecule has 1 aliphatic carbocycles. The van der Waals surface area contributed by atoms with Crippen molar-refractivity contribution in [3.05, 3.63) is 71.2 Å². The number of aromatic nitrogens is 4. The topological polar surface area (TPSA) is 242 Å². The van der Waals surface area contributed by atoms with E-state index >= 15 is 0 Å². The quantitative estimate of drug-likeness (QED) is 0.0300. The third-order valence-electron chi connectivity index (χ3n) is 13.3. The number of nitrogens with zero attached hydrogens (tertiary/aromatic N) is 4. The Hall–Kier alpha value is -7.38. The van der Waals surface area contributed by atoms with E-state index < -0.39 is 48.2 Å². The van der Waals surface area contributed by atoms with Gasteiger partial charge in [-0.05, 0) is 73.4 Å². The maximum atomic E-state index is 14.1. The van der Waals surface area contributed by atoms with E-state index in [-0.39, 0.29) is 66.9 Å². The molecule has 4 aromatic rings. The van der Waals surface area contributed by atoms with Crippen LogP contribution in [0, 0.1) is 23.7 Å². The van der Waals surface area contributed by atoms with Gasteiger partial charge in [0.05, 0.1) is 64.0 Å². The minimum absolute atomic E-state index is 0.00407. The van der Waals surface area contributed by atoms with Crippen molar-refractivity contribution < 1.29 is 57.2 Å². The molecule has 1 aliphatic rings. The Balaban J connectivity index is 1.36. The van der Waals surface area contributed by atoms with E-state index in [1.54, 1.807) is 60.8 Å². The maximum absolute atomic E-state index is 14.1. The molecule has 2 aromatic heterocycles. The Bertz CT molecular complexity index is 2660. The van der Waals surface area contributed by atoms with E-state index in [0.29, 0.717) is 70.6 Å². The van der Waals surface area contributed by atoms with Crippen molar-refractivity contribution in [3.8, 4) is 45.5 Å². The molecule has 1 fully saturated rings. The van der Waals surface area contributed by atoms with E-state index in [9.17, 15) is 28.8 Å². The molecule has 4 amide bonds.